The lowest BCUT2D eigenvalue weighted by atomic mass is 10.2. The Bertz CT molecular complexity index is 886. The fourth-order valence-corrected chi connectivity index (χ4v) is 1.91. The summed E-state index contributed by atoms with van der Waals surface area (Å²) in [7, 11) is 0. The summed E-state index contributed by atoms with van der Waals surface area (Å²) in [6.07, 6.45) is 4.55. The van der Waals surface area contributed by atoms with E-state index in [1.165, 1.54) is 11.0 Å². The summed E-state index contributed by atoms with van der Waals surface area (Å²) >= 11 is 0. The first-order valence-corrected chi connectivity index (χ1v) is 8.37. The van der Waals surface area contributed by atoms with Gasteiger partial charge in [-0.15, -0.1) is 5.10 Å². The number of guanidine groups is 1. The van der Waals surface area contributed by atoms with Crippen LogP contribution >= 0.6 is 0 Å². The van der Waals surface area contributed by atoms with Gasteiger partial charge in [-0.2, -0.15) is 19.8 Å². The molecule has 2 aromatic rings. The topological polar surface area (TPSA) is 210 Å². The molecule has 0 aliphatic carbocycles. The largest absolute Gasteiger partial charge is 0.395 e. The lowest BCUT2D eigenvalue weighted by Gasteiger charge is -2.11. The number of aliphatic hydroxyl groups excluding tert-OH is 2. The molecule has 0 radical (unpaired) electrons. The molecule has 2 aromatic heterocycles. The first kappa shape index (κ1) is 21.4. The van der Waals surface area contributed by atoms with Crippen LogP contribution in [-0.4, -0.2) is 78.8 Å². The number of hydrogen-bond acceptors (Lipinski definition) is 10. The van der Waals surface area contributed by atoms with Gasteiger partial charge in [-0.3, -0.25) is 4.99 Å². The molecule has 0 atom stereocenters. The molecule has 0 aliphatic heterocycles. The average Bonchev–Trinajstić information content (AvgIpc) is 3.19. The van der Waals surface area contributed by atoms with E-state index in [-0.39, 0.29) is 55.5 Å². The van der Waals surface area contributed by atoms with Crippen molar-refractivity contribution in [3.8, 4) is 5.95 Å². The van der Waals surface area contributed by atoms with Gasteiger partial charge in [0.05, 0.1) is 25.5 Å². The molecule has 0 spiro atoms. The van der Waals surface area contributed by atoms with Crippen molar-refractivity contribution in [1.29, 1.82) is 0 Å². The van der Waals surface area contributed by atoms with E-state index >= 15 is 0 Å². The molecule has 8 N–H and O–H groups in total. The zero-order chi connectivity index (χ0) is 21.1. The first-order valence-electron chi connectivity index (χ1n) is 8.37. The highest BCUT2D eigenvalue weighted by Gasteiger charge is 2.14. The minimum atomic E-state index is -0.257. The lowest BCUT2D eigenvalue weighted by molar-refractivity contribution is 0.298. The highest BCUT2D eigenvalue weighted by molar-refractivity contribution is 6.48. The number of rotatable bonds is 10. The number of nitrogens with zero attached hydrogens (tertiary/aromatic N) is 8. The number of anilines is 1. The van der Waals surface area contributed by atoms with E-state index in [0.29, 0.717) is 5.95 Å². The van der Waals surface area contributed by atoms with Gasteiger partial charge in [0.1, 0.15) is 6.33 Å². The fraction of sp³-hybridized carbons (Fsp3) is 0.267. The van der Waals surface area contributed by atoms with Gasteiger partial charge in [0.25, 0.3) is 11.9 Å². The summed E-state index contributed by atoms with van der Waals surface area (Å²) in [4.78, 5) is 20.2. The third kappa shape index (κ3) is 6.64. The SMILES string of the molecule is C=C(NCCO)C(=NNc1ncn(-c2ncccn2)n1)C(N=C(N)N)=NCCO. The van der Waals surface area contributed by atoms with Crippen molar-refractivity contribution in [3.63, 3.8) is 0 Å². The zero-order valence-corrected chi connectivity index (χ0v) is 15.5. The second-order valence-electron chi connectivity index (χ2n) is 5.23. The van der Waals surface area contributed by atoms with Gasteiger partial charge in [-0.05, 0) is 6.07 Å². The number of nitrogens with one attached hydrogen (secondary N) is 2. The van der Waals surface area contributed by atoms with Gasteiger partial charge in [0, 0.05) is 18.9 Å². The average molecular weight is 402 g/mol. The predicted molar refractivity (Wildman–Crippen MR) is 107 cm³/mol. The Morgan fingerprint density at radius 2 is 1.93 bits per heavy atom. The van der Waals surface area contributed by atoms with Crippen LogP contribution in [0.3, 0.4) is 0 Å². The Kier molecular flexibility index (Phi) is 8.15. The fourth-order valence-electron chi connectivity index (χ4n) is 1.91. The maximum atomic E-state index is 9.05. The van der Waals surface area contributed by atoms with Crippen LogP contribution in [-0.2, 0) is 0 Å². The Morgan fingerprint density at radius 1 is 1.17 bits per heavy atom. The van der Waals surface area contributed by atoms with Crippen molar-refractivity contribution in [1.82, 2.24) is 30.0 Å². The van der Waals surface area contributed by atoms with Crippen LogP contribution in [0.5, 0.6) is 0 Å². The van der Waals surface area contributed by atoms with Gasteiger partial charge >= 0.3 is 0 Å². The van der Waals surface area contributed by atoms with Crippen molar-refractivity contribution in [3.05, 3.63) is 37.1 Å². The molecule has 0 saturated heterocycles. The van der Waals surface area contributed by atoms with E-state index in [9.17, 15) is 0 Å². The van der Waals surface area contributed by atoms with Crippen LogP contribution in [0.25, 0.3) is 5.95 Å². The zero-order valence-electron chi connectivity index (χ0n) is 15.5. The summed E-state index contributed by atoms with van der Waals surface area (Å²) in [5.41, 5.74) is 14.0. The van der Waals surface area contributed by atoms with Gasteiger partial charge in [-0.25, -0.2) is 15.4 Å². The Hall–Kier alpha value is -3.91. The standard InChI is InChI=1S/C15H22N12O2/c1-10(18-5-7-28)11(12(19-6-8-29)23-13(16)17)24-25-14-22-9-27(26-14)15-20-3-2-4-21-15/h2-4,9,18,28-29H,1,5-8H2,(H,25,26)(H4,16,17,19,23). The van der Waals surface area contributed by atoms with E-state index in [2.05, 4.69) is 52.5 Å². The quantitative estimate of drug-likeness (QED) is 0.141. The number of amidine groups is 1. The van der Waals surface area contributed by atoms with Crippen LogP contribution < -0.4 is 22.2 Å². The van der Waals surface area contributed by atoms with Crippen molar-refractivity contribution >= 4 is 23.5 Å². The highest BCUT2D eigenvalue weighted by atomic mass is 16.3. The van der Waals surface area contributed by atoms with Gasteiger partial charge < -0.3 is 27.0 Å². The molecule has 14 nitrogen and oxygen atoms in total. The van der Waals surface area contributed by atoms with Crippen molar-refractivity contribution in [2.75, 3.05) is 31.7 Å². The third-order valence-corrected chi connectivity index (χ3v) is 3.06. The summed E-state index contributed by atoms with van der Waals surface area (Å²) < 4.78 is 1.35. The molecule has 2 rings (SSSR count). The molecular formula is C15H22N12O2. The molecule has 0 amide bonds. The molecule has 0 bridgehead atoms. The molecule has 14 heteroatoms. The maximum absolute atomic E-state index is 9.05. The number of aliphatic imine (C=N–C) groups is 2. The summed E-state index contributed by atoms with van der Waals surface area (Å²) in [6, 6.07) is 1.68. The monoisotopic (exact) mass is 402 g/mol. The molecule has 0 aromatic carbocycles. The van der Waals surface area contributed by atoms with E-state index in [4.69, 9.17) is 21.7 Å². The van der Waals surface area contributed by atoms with Crippen LogP contribution in [0.15, 0.2) is 52.1 Å². The minimum Gasteiger partial charge on any atom is -0.395 e. The van der Waals surface area contributed by atoms with Crippen molar-refractivity contribution < 1.29 is 10.2 Å². The van der Waals surface area contributed by atoms with Crippen LogP contribution in [0, 0.1) is 0 Å². The Balaban J connectivity index is 2.30. The lowest BCUT2D eigenvalue weighted by Crippen LogP contribution is -2.31. The number of hydrogen-bond donors (Lipinski definition) is 6. The normalized spacial score (nSPS) is 11.8. The summed E-state index contributed by atoms with van der Waals surface area (Å²) in [5, 5.41) is 29.3. The molecule has 154 valence electrons. The smallest absolute Gasteiger partial charge is 0.263 e. The maximum Gasteiger partial charge on any atom is 0.263 e. The van der Waals surface area contributed by atoms with Gasteiger partial charge in [0.2, 0.25) is 0 Å². The van der Waals surface area contributed by atoms with Crippen LogP contribution in [0.4, 0.5) is 5.95 Å². The number of nitrogens with two attached hydrogens (primary N) is 2. The van der Waals surface area contributed by atoms with Crippen molar-refractivity contribution in [2.24, 2.45) is 26.6 Å². The summed E-state index contributed by atoms with van der Waals surface area (Å²) in [5.74, 6) is 0.230. The molecule has 0 saturated carbocycles. The molecule has 2 heterocycles. The minimum absolute atomic E-state index is 0.0211. The molecule has 0 fully saturated rings. The number of hydrazone groups is 1. The van der Waals surface area contributed by atoms with E-state index < -0.39 is 0 Å². The second-order valence-corrected chi connectivity index (χ2v) is 5.23. The van der Waals surface area contributed by atoms with Crippen molar-refractivity contribution in [2.45, 2.75) is 0 Å². The van der Waals surface area contributed by atoms with E-state index in [0.717, 1.165) is 0 Å². The van der Waals surface area contributed by atoms with Gasteiger partial charge in [-0.1, -0.05) is 6.58 Å². The second kappa shape index (κ2) is 11.1. The van der Waals surface area contributed by atoms with E-state index in [1.54, 1.807) is 18.5 Å². The molecule has 0 aliphatic rings. The highest BCUT2D eigenvalue weighted by Crippen LogP contribution is 2.04. The van der Waals surface area contributed by atoms with Crippen LogP contribution in [0.2, 0.25) is 0 Å². The number of aromatic nitrogens is 5. The van der Waals surface area contributed by atoms with E-state index in [1.807, 2.05) is 0 Å². The Labute approximate surface area is 165 Å². The number of aliphatic hydroxyl groups is 2. The van der Waals surface area contributed by atoms with Gasteiger partial charge in [0.15, 0.2) is 17.5 Å². The van der Waals surface area contributed by atoms with Crippen LogP contribution in [0.1, 0.15) is 0 Å². The molecular weight excluding hydrogens is 380 g/mol. The third-order valence-electron chi connectivity index (χ3n) is 3.06. The summed E-state index contributed by atoms with van der Waals surface area (Å²) in [6.45, 7) is 3.74. The Morgan fingerprint density at radius 3 is 2.59 bits per heavy atom. The first-order chi connectivity index (χ1) is 14.0. The molecule has 29 heavy (non-hydrogen) atoms. The predicted octanol–water partition coefficient (Wildman–Crippen LogP) is -2.41. The molecule has 0 unspecified atom stereocenters.